The average Bonchev–Trinajstić information content (AvgIpc) is 2.03. The molecule has 1 aliphatic heterocycles. The number of hydrogen-bond donors (Lipinski definition) is 0. The summed E-state index contributed by atoms with van der Waals surface area (Å²) in [7, 11) is -3.07. The largest absolute Gasteiger partial charge is 0.499 e. The summed E-state index contributed by atoms with van der Waals surface area (Å²) in [4.78, 5) is 0. The highest BCUT2D eigenvalue weighted by atomic mass is 28.4. The van der Waals surface area contributed by atoms with E-state index in [1.807, 2.05) is 6.08 Å². The molecule has 1 unspecified atom stereocenters. The molecule has 3 nitrogen and oxygen atoms in total. The SMILES string of the molecule is C[Si](C)(C)OC1COC=C[C@H]1O[Si](C)(C)C. The average molecular weight is 260 g/mol. The predicted octanol–water partition coefficient (Wildman–Crippen LogP) is 2.97. The Morgan fingerprint density at radius 1 is 1.00 bits per heavy atom. The first-order chi connectivity index (χ1) is 7.17. The Morgan fingerprint density at radius 2 is 1.56 bits per heavy atom. The summed E-state index contributed by atoms with van der Waals surface area (Å²) in [5.74, 6) is 0. The first-order valence-electron chi connectivity index (χ1n) is 5.81. The van der Waals surface area contributed by atoms with Gasteiger partial charge in [0.1, 0.15) is 12.7 Å². The van der Waals surface area contributed by atoms with Crippen LogP contribution in [0.25, 0.3) is 0 Å². The van der Waals surface area contributed by atoms with Gasteiger partial charge >= 0.3 is 0 Å². The van der Waals surface area contributed by atoms with Gasteiger partial charge in [0.15, 0.2) is 16.6 Å². The summed E-state index contributed by atoms with van der Waals surface area (Å²) in [6, 6.07) is 0. The van der Waals surface area contributed by atoms with E-state index in [1.165, 1.54) is 0 Å². The van der Waals surface area contributed by atoms with Crippen molar-refractivity contribution in [2.24, 2.45) is 0 Å². The quantitative estimate of drug-likeness (QED) is 0.727. The molecule has 0 fully saturated rings. The zero-order chi connectivity index (χ0) is 12.4. The first kappa shape index (κ1) is 14.0. The van der Waals surface area contributed by atoms with E-state index in [0.29, 0.717) is 6.61 Å². The van der Waals surface area contributed by atoms with E-state index in [9.17, 15) is 0 Å². The summed E-state index contributed by atoms with van der Waals surface area (Å²) in [6.45, 7) is 13.8. The maximum atomic E-state index is 6.11. The van der Waals surface area contributed by atoms with Gasteiger partial charge in [0.2, 0.25) is 0 Å². The second kappa shape index (κ2) is 5.04. The normalized spacial score (nSPS) is 26.6. The van der Waals surface area contributed by atoms with Crippen LogP contribution in [-0.4, -0.2) is 35.4 Å². The molecule has 0 spiro atoms. The van der Waals surface area contributed by atoms with Gasteiger partial charge in [-0.3, -0.25) is 0 Å². The van der Waals surface area contributed by atoms with E-state index in [0.717, 1.165) is 0 Å². The third-order valence-corrected chi connectivity index (χ3v) is 3.98. The van der Waals surface area contributed by atoms with Crippen LogP contribution in [0.4, 0.5) is 0 Å². The van der Waals surface area contributed by atoms with Gasteiger partial charge in [-0.25, -0.2) is 0 Å². The van der Waals surface area contributed by atoms with Crippen LogP contribution in [0.15, 0.2) is 12.3 Å². The third kappa shape index (κ3) is 5.29. The first-order valence-corrected chi connectivity index (χ1v) is 12.6. The molecule has 16 heavy (non-hydrogen) atoms. The van der Waals surface area contributed by atoms with Gasteiger partial charge in [0.25, 0.3) is 0 Å². The van der Waals surface area contributed by atoms with Gasteiger partial charge in [-0.05, 0) is 45.4 Å². The lowest BCUT2D eigenvalue weighted by Gasteiger charge is -2.36. The second-order valence-corrected chi connectivity index (χ2v) is 15.0. The monoisotopic (exact) mass is 260 g/mol. The van der Waals surface area contributed by atoms with E-state index < -0.39 is 16.6 Å². The van der Waals surface area contributed by atoms with Crippen molar-refractivity contribution in [3.05, 3.63) is 12.3 Å². The number of rotatable bonds is 4. The van der Waals surface area contributed by atoms with Crippen molar-refractivity contribution in [3.63, 3.8) is 0 Å². The van der Waals surface area contributed by atoms with Crippen molar-refractivity contribution < 1.29 is 13.6 Å². The number of hydrogen-bond acceptors (Lipinski definition) is 3. The van der Waals surface area contributed by atoms with Gasteiger partial charge in [0.05, 0.1) is 12.4 Å². The fourth-order valence-corrected chi connectivity index (χ4v) is 3.74. The molecule has 0 amide bonds. The highest BCUT2D eigenvalue weighted by molar-refractivity contribution is 6.70. The molecule has 0 saturated heterocycles. The van der Waals surface area contributed by atoms with Crippen LogP contribution in [0.3, 0.4) is 0 Å². The molecular formula is C11H24O3Si2. The molecule has 1 aliphatic rings. The van der Waals surface area contributed by atoms with E-state index in [4.69, 9.17) is 13.6 Å². The number of ether oxygens (including phenoxy) is 1. The molecule has 0 aromatic rings. The lowest BCUT2D eigenvalue weighted by atomic mass is 10.2. The Hall–Kier alpha value is -0.106. The Bertz CT molecular complexity index is 253. The topological polar surface area (TPSA) is 27.7 Å². The molecule has 1 rings (SSSR count). The Labute approximate surface area is 101 Å². The smallest absolute Gasteiger partial charge is 0.184 e. The van der Waals surface area contributed by atoms with Crippen molar-refractivity contribution in [3.8, 4) is 0 Å². The van der Waals surface area contributed by atoms with Crippen molar-refractivity contribution in [1.82, 2.24) is 0 Å². The van der Waals surface area contributed by atoms with E-state index in [1.54, 1.807) is 6.26 Å². The van der Waals surface area contributed by atoms with E-state index in [2.05, 4.69) is 39.3 Å². The third-order valence-electron chi connectivity index (χ3n) is 1.99. The summed E-state index contributed by atoms with van der Waals surface area (Å²) < 4.78 is 17.5. The fraction of sp³-hybridized carbons (Fsp3) is 0.818. The van der Waals surface area contributed by atoms with Gasteiger partial charge in [-0.1, -0.05) is 0 Å². The van der Waals surface area contributed by atoms with E-state index >= 15 is 0 Å². The molecule has 0 aromatic carbocycles. The molecule has 0 radical (unpaired) electrons. The highest BCUT2D eigenvalue weighted by Crippen LogP contribution is 2.20. The highest BCUT2D eigenvalue weighted by Gasteiger charge is 2.32. The van der Waals surface area contributed by atoms with Gasteiger partial charge in [-0.15, -0.1) is 0 Å². The maximum Gasteiger partial charge on any atom is 0.184 e. The summed E-state index contributed by atoms with van der Waals surface area (Å²) in [6.07, 6.45) is 3.83. The van der Waals surface area contributed by atoms with Gasteiger partial charge in [0, 0.05) is 0 Å². The molecule has 0 aromatic heterocycles. The summed E-state index contributed by atoms with van der Waals surface area (Å²) >= 11 is 0. The minimum atomic E-state index is -1.54. The van der Waals surface area contributed by atoms with Crippen molar-refractivity contribution in [1.29, 1.82) is 0 Å². The molecule has 2 atom stereocenters. The summed E-state index contributed by atoms with van der Waals surface area (Å²) in [5.41, 5.74) is 0. The Balaban J connectivity index is 2.64. The van der Waals surface area contributed by atoms with Crippen LogP contribution in [0.1, 0.15) is 0 Å². The minimum absolute atomic E-state index is 0.0587. The molecule has 0 saturated carbocycles. The maximum absolute atomic E-state index is 6.11. The fourth-order valence-electron chi connectivity index (χ4n) is 1.58. The van der Waals surface area contributed by atoms with Crippen LogP contribution in [-0.2, 0) is 13.6 Å². The van der Waals surface area contributed by atoms with Crippen LogP contribution in [0.2, 0.25) is 39.3 Å². The molecule has 0 bridgehead atoms. The lowest BCUT2D eigenvalue weighted by molar-refractivity contribution is 0.00806. The zero-order valence-corrected chi connectivity index (χ0v) is 13.2. The second-order valence-electron chi connectivity index (χ2n) is 6.13. The van der Waals surface area contributed by atoms with Crippen LogP contribution >= 0.6 is 0 Å². The molecule has 0 aliphatic carbocycles. The Kier molecular flexibility index (Phi) is 4.39. The Morgan fingerprint density at radius 3 is 2.06 bits per heavy atom. The molecule has 94 valence electrons. The minimum Gasteiger partial charge on any atom is -0.499 e. The lowest BCUT2D eigenvalue weighted by Crippen LogP contribution is -2.47. The summed E-state index contributed by atoms with van der Waals surface area (Å²) in [5, 5.41) is 0. The van der Waals surface area contributed by atoms with Crippen LogP contribution in [0.5, 0.6) is 0 Å². The van der Waals surface area contributed by atoms with Crippen LogP contribution < -0.4 is 0 Å². The molecule has 0 N–H and O–H groups in total. The molecule has 5 heteroatoms. The standard InChI is InChI=1S/C11H24O3Si2/c1-15(2,3)13-10-7-8-12-9-11(10)14-16(4,5)6/h7-8,10-11H,9H2,1-6H3/t10-,11?/m1/s1. The molecular weight excluding hydrogens is 236 g/mol. The van der Waals surface area contributed by atoms with Gasteiger partial charge in [-0.2, -0.15) is 0 Å². The van der Waals surface area contributed by atoms with Crippen molar-refractivity contribution >= 4 is 16.6 Å². The van der Waals surface area contributed by atoms with Crippen molar-refractivity contribution in [2.45, 2.75) is 51.5 Å². The van der Waals surface area contributed by atoms with Crippen LogP contribution in [0, 0.1) is 0 Å². The molecule has 1 heterocycles. The zero-order valence-electron chi connectivity index (χ0n) is 11.2. The van der Waals surface area contributed by atoms with Gasteiger partial charge < -0.3 is 13.6 Å². The predicted molar refractivity (Wildman–Crippen MR) is 71.5 cm³/mol. The van der Waals surface area contributed by atoms with Crippen molar-refractivity contribution in [2.75, 3.05) is 6.61 Å². The van der Waals surface area contributed by atoms with E-state index in [-0.39, 0.29) is 12.2 Å².